The molecule has 3 N–H and O–H groups in total. The van der Waals surface area contributed by atoms with Crippen LogP contribution >= 0.6 is 12.2 Å². The van der Waals surface area contributed by atoms with Gasteiger partial charge >= 0.3 is 0 Å². The van der Waals surface area contributed by atoms with Gasteiger partial charge in [-0.25, -0.2) is 0 Å². The number of nitrogens with zero attached hydrogens (tertiary/aromatic N) is 2. The van der Waals surface area contributed by atoms with E-state index < -0.39 is 11.0 Å². The number of aromatic hydroxyl groups is 1. The van der Waals surface area contributed by atoms with E-state index in [4.69, 9.17) is 17.0 Å². The van der Waals surface area contributed by atoms with E-state index in [9.17, 15) is 20.0 Å². The standard InChI is InChI=1S/C21H22N4O5S/c1-4-30-17-11-13(5-10-16(17)26)19-18(12(2)24(3)21(31)23-19)20(27)22-14-6-8-15(9-7-14)25(28)29/h5-11,19,26H,4H2,1-3H3,(H,22,27)(H,23,31). The average Bonchev–Trinajstić information content (AvgIpc) is 2.73. The van der Waals surface area contributed by atoms with E-state index >= 15 is 0 Å². The summed E-state index contributed by atoms with van der Waals surface area (Å²) in [5, 5.41) is 27.3. The van der Waals surface area contributed by atoms with Crippen LogP contribution in [0.3, 0.4) is 0 Å². The molecule has 31 heavy (non-hydrogen) atoms. The molecule has 0 aromatic heterocycles. The Hall–Kier alpha value is -3.66. The number of rotatable bonds is 6. The third-order valence-corrected chi connectivity index (χ3v) is 5.34. The van der Waals surface area contributed by atoms with Crippen molar-refractivity contribution in [3.05, 3.63) is 69.4 Å². The SMILES string of the molecule is CCOc1cc(C2NC(=S)N(C)C(C)=C2C(=O)Nc2ccc([N+](=O)[O-])cc2)ccc1O. The van der Waals surface area contributed by atoms with Crippen molar-refractivity contribution in [3.8, 4) is 11.5 Å². The topological polar surface area (TPSA) is 117 Å². The molecule has 0 radical (unpaired) electrons. The summed E-state index contributed by atoms with van der Waals surface area (Å²) in [6.07, 6.45) is 0. The van der Waals surface area contributed by atoms with Gasteiger partial charge in [-0.05, 0) is 55.9 Å². The Morgan fingerprint density at radius 2 is 2.00 bits per heavy atom. The van der Waals surface area contributed by atoms with Gasteiger partial charge in [-0.15, -0.1) is 0 Å². The first-order chi connectivity index (χ1) is 14.7. The summed E-state index contributed by atoms with van der Waals surface area (Å²) in [6, 6.07) is 9.86. The van der Waals surface area contributed by atoms with Crippen LogP contribution in [0.2, 0.25) is 0 Å². The van der Waals surface area contributed by atoms with Crippen LogP contribution in [0.1, 0.15) is 25.5 Å². The van der Waals surface area contributed by atoms with E-state index in [-0.39, 0.29) is 17.3 Å². The minimum absolute atomic E-state index is 0.00122. The number of non-ortho nitro benzene ring substituents is 1. The van der Waals surface area contributed by atoms with Crippen molar-refractivity contribution in [2.75, 3.05) is 19.0 Å². The molecule has 0 fully saturated rings. The third kappa shape index (κ3) is 4.58. The van der Waals surface area contributed by atoms with Crippen LogP contribution in [0.25, 0.3) is 0 Å². The van der Waals surface area contributed by atoms with Crippen LogP contribution in [0, 0.1) is 10.1 Å². The van der Waals surface area contributed by atoms with Crippen LogP contribution in [0.5, 0.6) is 11.5 Å². The highest BCUT2D eigenvalue weighted by Gasteiger charge is 2.33. The zero-order valence-corrected chi connectivity index (χ0v) is 18.0. The second kappa shape index (κ2) is 9.00. The third-order valence-electron chi connectivity index (χ3n) is 4.95. The molecule has 0 bridgehead atoms. The zero-order chi connectivity index (χ0) is 22.7. The molecule has 1 amide bonds. The van der Waals surface area contributed by atoms with Crippen molar-refractivity contribution in [2.45, 2.75) is 19.9 Å². The van der Waals surface area contributed by atoms with Crippen LogP contribution in [-0.4, -0.2) is 39.6 Å². The van der Waals surface area contributed by atoms with Gasteiger partial charge in [-0.2, -0.15) is 0 Å². The Kier molecular flexibility index (Phi) is 6.40. The minimum Gasteiger partial charge on any atom is -0.504 e. The Morgan fingerprint density at radius 3 is 2.61 bits per heavy atom. The number of phenolic OH excluding ortho intramolecular Hbond substituents is 1. The van der Waals surface area contributed by atoms with Gasteiger partial charge in [-0.3, -0.25) is 14.9 Å². The number of benzene rings is 2. The summed E-state index contributed by atoms with van der Waals surface area (Å²) in [6.45, 7) is 3.97. The number of allylic oxidation sites excluding steroid dienone is 1. The molecular weight excluding hydrogens is 420 g/mol. The highest BCUT2D eigenvalue weighted by molar-refractivity contribution is 7.80. The molecule has 1 atom stereocenters. The van der Waals surface area contributed by atoms with Gasteiger partial charge in [0.15, 0.2) is 16.6 Å². The molecule has 2 aromatic rings. The van der Waals surface area contributed by atoms with Crippen molar-refractivity contribution in [1.82, 2.24) is 10.2 Å². The first-order valence-corrected chi connectivity index (χ1v) is 9.90. The Labute approximate surface area is 184 Å². The summed E-state index contributed by atoms with van der Waals surface area (Å²) in [7, 11) is 1.75. The van der Waals surface area contributed by atoms with E-state index in [0.29, 0.717) is 40.0 Å². The molecule has 0 saturated heterocycles. The Bertz CT molecular complexity index is 1070. The van der Waals surface area contributed by atoms with Crippen LogP contribution in [0.4, 0.5) is 11.4 Å². The van der Waals surface area contributed by atoms with Crippen LogP contribution in [0.15, 0.2) is 53.7 Å². The predicted octanol–water partition coefficient (Wildman–Crippen LogP) is 3.47. The molecular formula is C21H22N4O5S. The molecule has 9 nitrogen and oxygen atoms in total. The first kappa shape index (κ1) is 22.0. The van der Waals surface area contributed by atoms with E-state index in [1.54, 1.807) is 31.0 Å². The van der Waals surface area contributed by atoms with Gasteiger partial charge in [0, 0.05) is 30.6 Å². The van der Waals surface area contributed by atoms with Gasteiger partial charge in [-0.1, -0.05) is 6.07 Å². The van der Waals surface area contributed by atoms with Gasteiger partial charge in [0.2, 0.25) is 0 Å². The number of nitro groups is 1. The number of nitro benzene ring substituents is 1. The molecule has 10 heteroatoms. The smallest absolute Gasteiger partial charge is 0.269 e. The fraction of sp³-hybridized carbons (Fsp3) is 0.238. The fourth-order valence-electron chi connectivity index (χ4n) is 3.23. The van der Waals surface area contributed by atoms with Crippen molar-refractivity contribution in [3.63, 3.8) is 0 Å². The van der Waals surface area contributed by atoms with Gasteiger partial charge in [0.25, 0.3) is 11.6 Å². The van der Waals surface area contributed by atoms with E-state index in [2.05, 4.69) is 10.6 Å². The average molecular weight is 442 g/mol. The van der Waals surface area contributed by atoms with Crippen molar-refractivity contribution < 1.29 is 19.6 Å². The lowest BCUT2D eigenvalue weighted by Crippen LogP contribution is -2.46. The summed E-state index contributed by atoms with van der Waals surface area (Å²) < 4.78 is 5.47. The Balaban J connectivity index is 1.97. The number of carbonyl (C=O) groups is 1. The normalized spacial score (nSPS) is 16.0. The van der Waals surface area contributed by atoms with E-state index in [1.165, 1.54) is 30.3 Å². The molecule has 1 aliphatic heterocycles. The maximum Gasteiger partial charge on any atom is 0.269 e. The maximum atomic E-state index is 13.2. The number of phenols is 1. The number of anilines is 1. The molecule has 1 unspecified atom stereocenters. The quantitative estimate of drug-likeness (QED) is 0.354. The van der Waals surface area contributed by atoms with Crippen LogP contribution in [-0.2, 0) is 4.79 Å². The first-order valence-electron chi connectivity index (χ1n) is 9.49. The molecule has 1 aliphatic rings. The summed E-state index contributed by atoms with van der Waals surface area (Å²) in [4.78, 5) is 25.3. The van der Waals surface area contributed by atoms with Gasteiger partial charge in [0.1, 0.15) is 0 Å². The molecule has 1 heterocycles. The minimum atomic E-state index is -0.582. The van der Waals surface area contributed by atoms with E-state index in [0.717, 1.165) is 0 Å². The summed E-state index contributed by atoms with van der Waals surface area (Å²) in [5.41, 5.74) is 2.11. The van der Waals surface area contributed by atoms with Crippen molar-refractivity contribution >= 4 is 34.6 Å². The highest BCUT2D eigenvalue weighted by Crippen LogP contribution is 2.35. The van der Waals surface area contributed by atoms with Crippen LogP contribution < -0.4 is 15.4 Å². The monoisotopic (exact) mass is 442 g/mol. The van der Waals surface area contributed by atoms with Gasteiger partial charge in [0.05, 0.1) is 23.1 Å². The van der Waals surface area contributed by atoms with Gasteiger partial charge < -0.3 is 25.4 Å². The Morgan fingerprint density at radius 1 is 1.32 bits per heavy atom. The molecule has 162 valence electrons. The summed E-state index contributed by atoms with van der Waals surface area (Å²) >= 11 is 5.40. The fourth-order valence-corrected chi connectivity index (χ4v) is 3.48. The maximum absolute atomic E-state index is 13.2. The number of carbonyl (C=O) groups excluding carboxylic acids is 1. The second-order valence-corrected chi connectivity index (χ2v) is 7.25. The number of ether oxygens (including phenoxy) is 1. The number of thiocarbonyl (C=S) groups is 1. The summed E-state index contributed by atoms with van der Waals surface area (Å²) in [5.74, 6) is -0.0812. The highest BCUT2D eigenvalue weighted by atomic mass is 32.1. The molecule has 0 saturated carbocycles. The predicted molar refractivity (Wildman–Crippen MR) is 120 cm³/mol. The van der Waals surface area contributed by atoms with Crippen molar-refractivity contribution in [2.24, 2.45) is 0 Å². The molecule has 0 spiro atoms. The van der Waals surface area contributed by atoms with E-state index in [1.807, 2.05) is 6.92 Å². The number of nitrogens with one attached hydrogen (secondary N) is 2. The lowest BCUT2D eigenvalue weighted by molar-refractivity contribution is -0.384. The molecule has 2 aromatic carbocycles. The lowest BCUT2D eigenvalue weighted by Gasteiger charge is -2.36. The number of amides is 1. The number of hydrogen-bond donors (Lipinski definition) is 3. The number of hydrogen-bond acceptors (Lipinski definition) is 6. The second-order valence-electron chi connectivity index (χ2n) is 6.86. The zero-order valence-electron chi connectivity index (χ0n) is 17.2. The molecule has 3 rings (SSSR count). The molecule has 0 aliphatic carbocycles. The van der Waals surface area contributed by atoms with Crippen molar-refractivity contribution in [1.29, 1.82) is 0 Å². The lowest BCUT2D eigenvalue weighted by atomic mass is 9.94. The largest absolute Gasteiger partial charge is 0.504 e.